The van der Waals surface area contributed by atoms with E-state index in [9.17, 15) is 14.4 Å². The molecule has 5 heteroatoms. The minimum Gasteiger partial charge on any atom is -0.352 e. The number of hydrogen-bond donors (Lipinski definition) is 1. The van der Waals surface area contributed by atoms with Crippen molar-refractivity contribution in [2.24, 2.45) is 0 Å². The number of carbonyl (C=O) groups excluding carboxylic acids is 3. The van der Waals surface area contributed by atoms with E-state index in [2.05, 4.69) is 5.32 Å². The number of Topliss-reactive ketones (excluding diaryl/α,β-unsaturated/α-hetero) is 2. The van der Waals surface area contributed by atoms with Gasteiger partial charge < -0.3 is 5.32 Å². The second-order valence-electron chi connectivity index (χ2n) is 6.23. The SMILES string of the molecule is CC1=C(C)C(=O)C(CCCC(=O)NCc2ccccc2Cl)=C(C)C1=O. The highest BCUT2D eigenvalue weighted by atomic mass is 35.5. The summed E-state index contributed by atoms with van der Waals surface area (Å²) in [6.07, 6.45) is 1.25. The zero-order valence-electron chi connectivity index (χ0n) is 14.7. The molecule has 1 aliphatic rings. The van der Waals surface area contributed by atoms with Crippen LogP contribution in [0.15, 0.2) is 46.6 Å². The Kier molecular flexibility index (Phi) is 6.32. The van der Waals surface area contributed by atoms with Gasteiger partial charge in [-0.1, -0.05) is 29.8 Å². The predicted molar refractivity (Wildman–Crippen MR) is 98.2 cm³/mol. The smallest absolute Gasteiger partial charge is 0.220 e. The quantitative estimate of drug-likeness (QED) is 0.783. The third-order valence-corrected chi connectivity index (χ3v) is 4.94. The highest BCUT2D eigenvalue weighted by molar-refractivity contribution is 6.31. The molecule has 0 spiro atoms. The Morgan fingerprint density at radius 2 is 1.64 bits per heavy atom. The Hall–Kier alpha value is -2.20. The molecule has 0 aromatic heterocycles. The van der Waals surface area contributed by atoms with E-state index in [-0.39, 0.29) is 17.5 Å². The summed E-state index contributed by atoms with van der Waals surface area (Å²) in [7, 11) is 0. The maximum atomic E-state index is 12.3. The van der Waals surface area contributed by atoms with E-state index in [0.29, 0.717) is 53.1 Å². The van der Waals surface area contributed by atoms with Gasteiger partial charge >= 0.3 is 0 Å². The van der Waals surface area contributed by atoms with Gasteiger partial charge in [0, 0.05) is 40.3 Å². The molecule has 0 radical (unpaired) electrons. The first kappa shape index (κ1) is 19.1. The first-order valence-corrected chi connectivity index (χ1v) is 8.67. The van der Waals surface area contributed by atoms with Gasteiger partial charge in [-0.05, 0) is 45.2 Å². The number of allylic oxidation sites excluding steroid dienone is 4. The van der Waals surface area contributed by atoms with Crippen LogP contribution in [-0.2, 0) is 20.9 Å². The number of nitrogens with one attached hydrogen (secondary N) is 1. The molecule has 0 fully saturated rings. The minimum atomic E-state index is -0.101. The van der Waals surface area contributed by atoms with Crippen LogP contribution >= 0.6 is 11.6 Å². The number of halogens is 1. The summed E-state index contributed by atoms with van der Waals surface area (Å²) in [5, 5.41) is 3.44. The number of hydrogen-bond acceptors (Lipinski definition) is 3. The summed E-state index contributed by atoms with van der Waals surface area (Å²) < 4.78 is 0. The molecule has 4 nitrogen and oxygen atoms in total. The molecular weight excluding hydrogens is 338 g/mol. The molecule has 1 amide bonds. The van der Waals surface area contributed by atoms with Crippen molar-refractivity contribution < 1.29 is 14.4 Å². The molecule has 1 aromatic carbocycles. The Bertz CT molecular complexity index is 790. The van der Waals surface area contributed by atoms with Gasteiger partial charge in [0.1, 0.15) is 0 Å². The molecule has 132 valence electrons. The number of rotatable bonds is 6. The van der Waals surface area contributed by atoms with Crippen molar-refractivity contribution in [3.8, 4) is 0 Å². The van der Waals surface area contributed by atoms with Crippen molar-refractivity contribution in [3.63, 3.8) is 0 Å². The van der Waals surface area contributed by atoms with E-state index < -0.39 is 0 Å². The van der Waals surface area contributed by atoms with E-state index in [1.165, 1.54) is 0 Å². The Labute approximate surface area is 152 Å². The largest absolute Gasteiger partial charge is 0.352 e. The molecule has 2 rings (SSSR count). The fourth-order valence-corrected chi connectivity index (χ4v) is 3.01. The number of benzene rings is 1. The molecular formula is C20H22ClNO3. The van der Waals surface area contributed by atoms with Gasteiger partial charge in [0.05, 0.1) is 0 Å². The number of ketones is 2. The van der Waals surface area contributed by atoms with Gasteiger partial charge in [0.2, 0.25) is 5.91 Å². The third kappa shape index (κ3) is 4.45. The van der Waals surface area contributed by atoms with Crippen LogP contribution < -0.4 is 5.32 Å². The second kappa shape index (κ2) is 8.26. The topological polar surface area (TPSA) is 63.2 Å². The van der Waals surface area contributed by atoms with Gasteiger partial charge in [0.15, 0.2) is 11.6 Å². The van der Waals surface area contributed by atoms with Crippen LogP contribution in [0, 0.1) is 0 Å². The van der Waals surface area contributed by atoms with Crippen molar-refractivity contribution in [1.82, 2.24) is 5.32 Å². The van der Waals surface area contributed by atoms with E-state index >= 15 is 0 Å². The normalized spacial score (nSPS) is 15.0. The maximum absolute atomic E-state index is 12.3. The summed E-state index contributed by atoms with van der Waals surface area (Å²) in [4.78, 5) is 36.4. The third-order valence-electron chi connectivity index (χ3n) is 4.58. The van der Waals surface area contributed by atoms with Crippen molar-refractivity contribution in [3.05, 3.63) is 57.1 Å². The molecule has 0 saturated carbocycles. The van der Waals surface area contributed by atoms with Crippen LogP contribution in [0.4, 0.5) is 0 Å². The average molecular weight is 360 g/mol. The minimum absolute atomic E-state index is 0.0738. The standard InChI is InChI=1S/C20H22ClNO3/c1-12-13(2)20(25)16(14(3)19(12)24)8-6-10-18(23)22-11-15-7-4-5-9-17(15)21/h4-5,7,9H,6,8,10-11H2,1-3H3,(H,22,23). The molecule has 0 aliphatic heterocycles. The summed E-state index contributed by atoms with van der Waals surface area (Å²) in [6, 6.07) is 7.35. The molecule has 0 heterocycles. The first-order chi connectivity index (χ1) is 11.8. The molecule has 0 unspecified atom stereocenters. The van der Waals surface area contributed by atoms with Crippen molar-refractivity contribution >= 4 is 29.1 Å². The van der Waals surface area contributed by atoms with Gasteiger partial charge in [0.25, 0.3) is 0 Å². The lowest BCUT2D eigenvalue weighted by Crippen LogP contribution is -2.23. The molecule has 1 aromatic rings. The van der Waals surface area contributed by atoms with E-state index in [1.54, 1.807) is 26.8 Å². The fourth-order valence-electron chi connectivity index (χ4n) is 2.81. The van der Waals surface area contributed by atoms with Crippen LogP contribution in [0.5, 0.6) is 0 Å². The predicted octanol–water partition coefficient (Wildman–Crippen LogP) is 3.93. The van der Waals surface area contributed by atoms with E-state index in [4.69, 9.17) is 11.6 Å². The van der Waals surface area contributed by atoms with Crippen LogP contribution in [0.2, 0.25) is 5.02 Å². The second-order valence-corrected chi connectivity index (χ2v) is 6.64. The summed E-state index contributed by atoms with van der Waals surface area (Å²) in [6.45, 7) is 5.41. The zero-order chi connectivity index (χ0) is 18.6. The summed E-state index contributed by atoms with van der Waals surface area (Å²) in [5.74, 6) is -0.252. The summed E-state index contributed by atoms with van der Waals surface area (Å²) >= 11 is 6.05. The van der Waals surface area contributed by atoms with Crippen molar-refractivity contribution in [1.29, 1.82) is 0 Å². The molecule has 0 bridgehead atoms. The van der Waals surface area contributed by atoms with Gasteiger partial charge in [-0.25, -0.2) is 0 Å². The van der Waals surface area contributed by atoms with Gasteiger partial charge in [-0.15, -0.1) is 0 Å². The van der Waals surface area contributed by atoms with Crippen LogP contribution in [0.1, 0.15) is 45.6 Å². The van der Waals surface area contributed by atoms with E-state index in [0.717, 1.165) is 5.56 Å². The first-order valence-electron chi connectivity index (χ1n) is 8.29. The molecule has 1 N–H and O–H groups in total. The highest BCUT2D eigenvalue weighted by Crippen LogP contribution is 2.27. The highest BCUT2D eigenvalue weighted by Gasteiger charge is 2.27. The lowest BCUT2D eigenvalue weighted by atomic mass is 9.84. The number of carbonyl (C=O) groups is 3. The van der Waals surface area contributed by atoms with Crippen molar-refractivity contribution in [2.75, 3.05) is 0 Å². The van der Waals surface area contributed by atoms with Gasteiger partial charge in [-0.3, -0.25) is 14.4 Å². The van der Waals surface area contributed by atoms with Crippen LogP contribution in [0.3, 0.4) is 0 Å². The molecule has 0 atom stereocenters. The zero-order valence-corrected chi connectivity index (χ0v) is 15.5. The van der Waals surface area contributed by atoms with Crippen LogP contribution in [0.25, 0.3) is 0 Å². The number of amides is 1. The monoisotopic (exact) mass is 359 g/mol. The fraction of sp³-hybridized carbons (Fsp3) is 0.350. The molecule has 0 saturated heterocycles. The van der Waals surface area contributed by atoms with E-state index in [1.807, 2.05) is 18.2 Å². The lowest BCUT2D eigenvalue weighted by Gasteiger charge is -2.18. The van der Waals surface area contributed by atoms with Crippen molar-refractivity contribution in [2.45, 2.75) is 46.6 Å². The van der Waals surface area contributed by atoms with Crippen LogP contribution in [-0.4, -0.2) is 17.5 Å². The molecule has 1 aliphatic carbocycles. The lowest BCUT2D eigenvalue weighted by molar-refractivity contribution is -0.121. The molecule has 25 heavy (non-hydrogen) atoms. The Morgan fingerprint density at radius 1 is 1.00 bits per heavy atom. The van der Waals surface area contributed by atoms with Gasteiger partial charge in [-0.2, -0.15) is 0 Å². The maximum Gasteiger partial charge on any atom is 0.220 e. The Balaban J connectivity index is 1.86. The Morgan fingerprint density at radius 3 is 2.32 bits per heavy atom. The summed E-state index contributed by atoms with van der Waals surface area (Å²) in [5.41, 5.74) is 2.93. The average Bonchev–Trinajstić information content (AvgIpc) is 2.60.